The van der Waals surface area contributed by atoms with Crippen molar-refractivity contribution in [2.45, 2.75) is 30.5 Å². The van der Waals surface area contributed by atoms with Crippen molar-refractivity contribution in [3.05, 3.63) is 143 Å². The minimum absolute atomic E-state index is 0.178. The first-order valence-corrected chi connectivity index (χ1v) is 14.2. The van der Waals surface area contributed by atoms with E-state index < -0.39 is 35.3 Å². The van der Waals surface area contributed by atoms with Crippen LogP contribution in [0.25, 0.3) is 10.8 Å². The molecule has 216 valence electrons. The van der Waals surface area contributed by atoms with Crippen molar-refractivity contribution < 1.29 is 19.1 Å². The number of likely N-dealkylation sites (tertiary alicyclic amines) is 1. The van der Waals surface area contributed by atoms with E-state index >= 15 is 4.39 Å². The molecule has 4 N–H and O–H groups in total. The third kappa shape index (κ3) is 5.10. The molecule has 0 aliphatic carbocycles. The van der Waals surface area contributed by atoms with Gasteiger partial charge >= 0.3 is 5.97 Å². The predicted molar refractivity (Wildman–Crippen MR) is 164 cm³/mol. The molecule has 1 fully saturated rings. The van der Waals surface area contributed by atoms with Gasteiger partial charge in [-0.1, -0.05) is 103 Å². The van der Waals surface area contributed by atoms with Crippen LogP contribution in [0.1, 0.15) is 28.7 Å². The molecule has 2 atom stereocenters. The van der Waals surface area contributed by atoms with Gasteiger partial charge in [0.05, 0.1) is 6.04 Å². The first-order valence-electron chi connectivity index (χ1n) is 14.2. The fourth-order valence-corrected chi connectivity index (χ4v) is 6.05. The maximum absolute atomic E-state index is 16.2. The van der Waals surface area contributed by atoms with Gasteiger partial charge in [-0.25, -0.2) is 14.2 Å². The van der Waals surface area contributed by atoms with Crippen LogP contribution in [0, 0.1) is 5.82 Å². The number of benzene rings is 4. The molecule has 43 heavy (non-hydrogen) atoms. The van der Waals surface area contributed by atoms with Gasteiger partial charge in [0.2, 0.25) is 5.91 Å². The standard InChI is InChI=1S/C35H31FN4O3/c36-31-23(22-30(34(42)43)40-21-19-29(37)33(40)41)16-17-28-27(31)18-20-38-32(28)39-35(24-10-4-1-5-11-24,25-12-6-2-7-13-25)26-14-8-3-9-15-26/h1-18,20,29-30H,19,21-22,37H2,(H,38,39)(H,42,43)/t29-,30+/m0/s1. The number of carboxylic acid groups (broad SMARTS) is 1. The molecule has 0 radical (unpaired) electrons. The average molecular weight is 575 g/mol. The van der Waals surface area contributed by atoms with E-state index in [9.17, 15) is 14.7 Å². The summed E-state index contributed by atoms with van der Waals surface area (Å²) < 4.78 is 16.2. The number of nitrogens with two attached hydrogens (primary N) is 1. The number of carboxylic acids is 1. The Labute approximate surface area is 248 Å². The number of carbonyl (C=O) groups excluding carboxylic acids is 1. The zero-order chi connectivity index (χ0) is 30.0. The largest absolute Gasteiger partial charge is 0.480 e. The number of amides is 1. The first-order chi connectivity index (χ1) is 20.9. The Morgan fingerprint density at radius 3 is 1.95 bits per heavy atom. The molecule has 4 aromatic carbocycles. The minimum atomic E-state index is -1.21. The number of aliphatic carboxylic acids is 1. The molecule has 1 saturated heterocycles. The van der Waals surface area contributed by atoms with Crippen LogP contribution in [0.15, 0.2) is 115 Å². The van der Waals surface area contributed by atoms with E-state index in [1.807, 2.05) is 54.6 Å². The zero-order valence-corrected chi connectivity index (χ0v) is 23.4. The van der Waals surface area contributed by atoms with E-state index in [1.54, 1.807) is 24.4 Å². The van der Waals surface area contributed by atoms with E-state index in [1.165, 1.54) is 4.90 Å². The van der Waals surface area contributed by atoms with E-state index in [0.29, 0.717) is 23.0 Å². The lowest BCUT2D eigenvalue weighted by Crippen LogP contribution is -2.46. The maximum Gasteiger partial charge on any atom is 0.326 e. The van der Waals surface area contributed by atoms with Gasteiger partial charge in [0.25, 0.3) is 0 Å². The fraction of sp³-hybridized carbons (Fsp3) is 0.171. The van der Waals surface area contributed by atoms with Crippen LogP contribution in [0.4, 0.5) is 10.2 Å². The molecule has 0 saturated carbocycles. The summed E-state index contributed by atoms with van der Waals surface area (Å²) in [7, 11) is 0. The van der Waals surface area contributed by atoms with Gasteiger partial charge in [-0.2, -0.15) is 0 Å². The van der Waals surface area contributed by atoms with Crippen LogP contribution in [0.3, 0.4) is 0 Å². The van der Waals surface area contributed by atoms with Crippen LogP contribution in [-0.2, 0) is 21.5 Å². The zero-order valence-electron chi connectivity index (χ0n) is 23.4. The molecule has 1 aliphatic rings. The molecule has 0 spiro atoms. The highest BCUT2D eigenvalue weighted by Crippen LogP contribution is 2.41. The van der Waals surface area contributed by atoms with Crippen LogP contribution < -0.4 is 11.1 Å². The number of nitrogens with one attached hydrogen (secondary N) is 1. The van der Waals surface area contributed by atoms with Crippen molar-refractivity contribution in [3.63, 3.8) is 0 Å². The van der Waals surface area contributed by atoms with E-state index in [0.717, 1.165) is 16.7 Å². The Hall–Kier alpha value is -5.08. The van der Waals surface area contributed by atoms with E-state index in [4.69, 9.17) is 5.73 Å². The third-order valence-electron chi connectivity index (χ3n) is 8.24. The lowest BCUT2D eigenvalue weighted by Gasteiger charge is -2.37. The highest BCUT2D eigenvalue weighted by atomic mass is 19.1. The number of carbonyl (C=O) groups is 2. The van der Waals surface area contributed by atoms with Gasteiger partial charge in [0.1, 0.15) is 23.2 Å². The SMILES string of the molecule is N[C@H]1CCN([C@H](Cc2ccc3c(NC(c4ccccc4)(c4ccccc4)c4ccccc4)nccc3c2F)C(=O)O)C1=O. The molecule has 1 aliphatic heterocycles. The predicted octanol–water partition coefficient (Wildman–Crippen LogP) is 5.33. The number of hydrogen-bond donors (Lipinski definition) is 3. The van der Waals surface area contributed by atoms with Gasteiger partial charge < -0.3 is 21.1 Å². The Morgan fingerprint density at radius 2 is 1.47 bits per heavy atom. The van der Waals surface area contributed by atoms with Crippen molar-refractivity contribution in [1.82, 2.24) is 9.88 Å². The summed E-state index contributed by atoms with van der Waals surface area (Å²) in [5.74, 6) is -1.70. The molecule has 5 aromatic rings. The smallest absolute Gasteiger partial charge is 0.326 e. The van der Waals surface area contributed by atoms with Crippen molar-refractivity contribution in [1.29, 1.82) is 0 Å². The second-order valence-electron chi connectivity index (χ2n) is 10.8. The number of fused-ring (bicyclic) bond motifs is 1. The van der Waals surface area contributed by atoms with Crippen molar-refractivity contribution in [3.8, 4) is 0 Å². The Kier molecular flexibility index (Phi) is 7.61. The fourth-order valence-electron chi connectivity index (χ4n) is 6.05. The number of pyridine rings is 1. The molecule has 0 bridgehead atoms. The van der Waals surface area contributed by atoms with Crippen LogP contribution >= 0.6 is 0 Å². The second kappa shape index (κ2) is 11.7. The quantitative estimate of drug-likeness (QED) is 0.205. The van der Waals surface area contributed by atoms with Gasteiger partial charge in [-0.15, -0.1) is 0 Å². The van der Waals surface area contributed by atoms with Crippen LogP contribution in [0.2, 0.25) is 0 Å². The molecular formula is C35H31FN4O3. The van der Waals surface area contributed by atoms with E-state index in [2.05, 4.69) is 46.7 Å². The molecule has 6 rings (SSSR count). The molecule has 1 aromatic heterocycles. The van der Waals surface area contributed by atoms with Gasteiger partial charge in [0, 0.05) is 29.9 Å². The van der Waals surface area contributed by atoms with Crippen molar-refractivity contribution in [2.75, 3.05) is 11.9 Å². The third-order valence-corrected chi connectivity index (χ3v) is 8.24. The molecule has 8 heteroatoms. The Balaban J connectivity index is 1.46. The normalized spacial score (nSPS) is 15.9. The number of aromatic nitrogens is 1. The Bertz CT molecular complexity index is 1670. The monoisotopic (exact) mass is 574 g/mol. The summed E-state index contributed by atoms with van der Waals surface area (Å²) in [6, 6.07) is 33.1. The molecule has 1 amide bonds. The van der Waals surface area contributed by atoms with Crippen LogP contribution in [-0.4, -0.2) is 45.5 Å². The highest BCUT2D eigenvalue weighted by molar-refractivity contribution is 5.94. The molecule has 7 nitrogen and oxygen atoms in total. The second-order valence-corrected chi connectivity index (χ2v) is 10.8. The number of anilines is 1. The average Bonchev–Trinajstić information content (AvgIpc) is 3.37. The first kappa shape index (κ1) is 28.1. The Morgan fingerprint density at radius 1 is 0.907 bits per heavy atom. The lowest BCUT2D eigenvalue weighted by atomic mass is 9.77. The summed E-state index contributed by atoms with van der Waals surface area (Å²) >= 11 is 0. The lowest BCUT2D eigenvalue weighted by molar-refractivity contribution is -0.148. The van der Waals surface area contributed by atoms with Gasteiger partial charge in [-0.3, -0.25) is 4.79 Å². The minimum Gasteiger partial charge on any atom is -0.480 e. The van der Waals surface area contributed by atoms with Crippen molar-refractivity contribution >= 4 is 28.5 Å². The topological polar surface area (TPSA) is 109 Å². The van der Waals surface area contributed by atoms with Crippen molar-refractivity contribution in [2.24, 2.45) is 5.73 Å². The summed E-state index contributed by atoms with van der Waals surface area (Å²) in [4.78, 5) is 30.6. The number of halogens is 1. The summed E-state index contributed by atoms with van der Waals surface area (Å²) in [6.45, 7) is 0.227. The van der Waals surface area contributed by atoms with Crippen LogP contribution in [0.5, 0.6) is 0 Å². The molecule has 2 heterocycles. The van der Waals surface area contributed by atoms with E-state index in [-0.39, 0.29) is 18.5 Å². The molecular weight excluding hydrogens is 543 g/mol. The summed E-state index contributed by atoms with van der Waals surface area (Å²) in [6.07, 6.45) is 1.74. The maximum atomic E-state index is 16.2. The number of nitrogens with zero attached hydrogens (tertiary/aromatic N) is 2. The molecule has 0 unspecified atom stereocenters. The summed E-state index contributed by atoms with van der Waals surface area (Å²) in [5, 5.41) is 14.5. The number of hydrogen-bond acceptors (Lipinski definition) is 5. The summed E-state index contributed by atoms with van der Waals surface area (Å²) in [5.41, 5.74) is 8.07. The van der Waals surface area contributed by atoms with Gasteiger partial charge in [-0.05, 0) is 34.7 Å². The highest BCUT2D eigenvalue weighted by Gasteiger charge is 2.39. The van der Waals surface area contributed by atoms with Gasteiger partial charge in [0.15, 0.2) is 0 Å². The number of rotatable bonds is 9.